The van der Waals surface area contributed by atoms with Crippen molar-refractivity contribution in [3.63, 3.8) is 0 Å². The Morgan fingerprint density at radius 1 is 0.500 bits per heavy atom. The molecule has 0 aliphatic heterocycles. The largest absolute Gasteiger partial charge is 0.756 e. The van der Waals surface area contributed by atoms with Crippen molar-refractivity contribution in [2.75, 3.05) is 40.9 Å². The van der Waals surface area contributed by atoms with Gasteiger partial charge in [0.1, 0.15) is 13.2 Å². The minimum atomic E-state index is -4.62. The lowest BCUT2D eigenvalue weighted by Crippen LogP contribution is -2.45. The smallest absolute Gasteiger partial charge is 0.268 e. The van der Waals surface area contributed by atoms with E-state index >= 15 is 0 Å². The Labute approximate surface area is 441 Å². The van der Waals surface area contributed by atoms with Gasteiger partial charge in [-0.15, -0.1) is 0 Å². The van der Waals surface area contributed by atoms with Gasteiger partial charge in [-0.3, -0.25) is 9.36 Å². The van der Waals surface area contributed by atoms with Crippen molar-refractivity contribution >= 4 is 13.7 Å². The Morgan fingerprint density at radius 2 is 0.861 bits per heavy atom. The molecule has 1 amide bonds. The quantitative estimate of drug-likeness (QED) is 0.0272. The van der Waals surface area contributed by atoms with Crippen molar-refractivity contribution < 1.29 is 32.9 Å². The zero-order valence-corrected chi connectivity index (χ0v) is 46.9. The highest BCUT2D eigenvalue weighted by Crippen LogP contribution is 2.38. The van der Waals surface area contributed by atoms with Gasteiger partial charge in [0.25, 0.3) is 7.82 Å². The first-order chi connectivity index (χ1) is 35.0. The molecule has 0 saturated heterocycles. The number of amides is 1. The molecule has 72 heavy (non-hydrogen) atoms. The summed E-state index contributed by atoms with van der Waals surface area (Å²) >= 11 is 0. The number of unbranched alkanes of at least 4 members (excludes halogenated alkanes) is 11. The van der Waals surface area contributed by atoms with E-state index < -0.39 is 26.6 Å². The summed E-state index contributed by atoms with van der Waals surface area (Å²) in [6, 6.07) is -0.929. The van der Waals surface area contributed by atoms with E-state index in [1.54, 1.807) is 6.08 Å². The van der Waals surface area contributed by atoms with Crippen LogP contribution in [0.2, 0.25) is 0 Å². The molecule has 0 aromatic rings. The summed E-state index contributed by atoms with van der Waals surface area (Å²) in [5.74, 6) is -0.235. The van der Waals surface area contributed by atoms with Gasteiger partial charge < -0.3 is 28.8 Å². The number of phosphoric acid groups is 1. The number of allylic oxidation sites excluding steroid dienone is 25. The van der Waals surface area contributed by atoms with Crippen LogP contribution in [0.3, 0.4) is 0 Å². The van der Waals surface area contributed by atoms with Gasteiger partial charge in [0.15, 0.2) is 0 Å². The Hall–Kier alpha value is -3.88. The molecule has 0 saturated carbocycles. The normalized spacial score (nSPS) is 15.2. The highest BCUT2D eigenvalue weighted by Gasteiger charge is 2.23. The van der Waals surface area contributed by atoms with Crippen molar-refractivity contribution in [3.05, 3.63) is 158 Å². The highest BCUT2D eigenvalue weighted by atomic mass is 31.2. The van der Waals surface area contributed by atoms with Crippen LogP contribution in [0.4, 0.5) is 0 Å². The second-order valence-corrected chi connectivity index (χ2v) is 20.6. The van der Waals surface area contributed by atoms with Crippen molar-refractivity contribution in [2.45, 2.75) is 193 Å². The Balaban J connectivity index is 4.24. The number of nitrogens with zero attached hydrogens (tertiary/aromatic N) is 1. The van der Waals surface area contributed by atoms with Crippen LogP contribution < -0.4 is 10.2 Å². The minimum absolute atomic E-state index is 0.0212. The number of aliphatic hydroxyl groups is 1. The van der Waals surface area contributed by atoms with E-state index in [-0.39, 0.29) is 12.5 Å². The number of quaternary nitrogens is 1. The van der Waals surface area contributed by atoms with Gasteiger partial charge in [0.05, 0.1) is 39.9 Å². The fourth-order valence-electron chi connectivity index (χ4n) is 6.86. The lowest BCUT2D eigenvalue weighted by molar-refractivity contribution is -0.870. The van der Waals surface area contributed by atoms with Gasteiger partial charge in [0, 0.05) is 6.42 Å². The average Bonchev–Trinajstić information content (AvgIpc) is 3.34. The lowest BCUT2D eigenvalue weighted by atomic mass is 10.1. The number of nitrogens with one attached hydrogen (secondary N) is 1. The van der Waals surface area contributed by atoms with E-state index in [0.29, 0.717) is 17.4 Å². The summed E-state index contributed by atoms with van der Waals surface area (Å²) in [5, 5.41) is 13.8. The van der Waals surface area contributed by atoms with Gasteiger partial charge in [-0.25, -0.2) is 0 Å². The lowest BCUT2D eigenvalue weighted by Gasteiger charge is -2.29. The van der Waals surface area contributed by atoms with Crippen LogP contribution in [-0.4, -0.2) is 68.5 Å². The molecule has 2 N–H and O–H groups in total. The van der Waals surface area contributed by atoms with E-state index in [9.17, 15) is 19.4 Å². The molecule has 9 heteroatoms. The number of phosphoric ester groups is 1. The Morgan fingerprint density at radius 3 is 1.29 bits per heavy atom. The number of likely N-dealkylation sites (N-methyl/N-ethyl adjacent to an activating group) is 1. The molecule has 0 bridgehead atoms. The molecular formula is C63H103N2O6P. The number of carbonyl (C=O) groups is 1. The van der Waals surface area contributed by atoms with E-state index in [2.05, 4.69) is 165 Å². The van der Waals surface area contributed by atoms with Crippen molar-refractivity contribution in [3.8, 4) is 0 Å². The maximum Gasteiger partial charge on any atom is 0.268 e. The van der Waals surface area contributed by atoms with E-state index in [1.165, 1.54) is 19.3 Å². The molecule has 3 atom stereocenters. The van der Waals surface area contributed by atoms with Gasteiger partial charge in [0.2, 0.25) is 5.91 Å². The molecule has 406 valence electrons. The fourth-order valence-corrected chi connectivity index (χ4v) is 7.58. The summed E-state index contributed by atoms with van der Waals surface area (Å²) in [6.07, 6.45) is 81.8. The van der Waals surface area contributed by atoms with E-state index in [1.807, 2.05) is 27.2 Å². The van der Waals surface area contributed by atoms with Crippen molar-refractivity contribution in [2.24, 2.45) is 0 Å². The first-order valence-electron chi connectivity index (χ1n) is 27.8. The standard InChI is InChI=1S/C63H103N2O6P/c1-6-8-10-12-14-16-18-20-21-22-23-24-25-26-27-28-29-30-31-32-33-34-35-36-37-38-39-40-41-42-43-45-47-49-51-53-55-57-63(67)64-61(60-71-72(68,69)70-59-58-65(3,4)5)62(66)56-54-52-50-48-46-44-19-17-15-13-11-9-7-2/h8,10,14-17,20-21,23-24,26-27,29-30,32-33,35-36,38-39,41-42,46,48,54,56,61-62,66H,6-7,9,11-13,18-19,22,25,28,31,34,37,40,43-45,47,49-53,55,57-60H2,1-5H3,(H-,64,67,68,69)/b10-8-,16-14-,17-15+,21-20-,24-23-,27-26-,30-29-,33-32-,36-35-,39-38-,42-41-,48-46+,56-54+. The highest BCUT2D eigenvalue weighted by molar-refractivity contribution is 7.45. The molecule has 0 fully saturated rings. The zero-order chi connectivity index (χ0) is 52.7. The number of hydrogen-bond acceptors (Lipinski definition) is 6. The zero-order valence-electron chi connectivity index (χ0n) is 46.1. The number of hydrogen-bond donors (Lipinski definition) is 2. The minimum Gasteiger partial charge on any atom is -0.756 e. The van der Waals surface area contributed by atoms with E-state index in [0.717, 1.165) is 141 Å². The summed E-state index contributed by atoms with van der Waals surface area (Å²) in [4.78, 5) is 25.4. The van der Waals surface area contributed by atoms with E-state index in [4.69, 9.17) is 9.05 Å². The van der Waals surface area contributed by atoms with Gasteiger partial charge in [-0.05, 0) is 122 Å². The topological polar surface area (TPSA) is 108 Å². The maximum absolute atomic E-state index is 12.9. The van der Waals surface area contributed by atoms with Crippen LogP contribution in [-0.2, 0) is 18.4 Å². The Kier molecular flexibility index (Phi) is 49.2. The first kappa shape index (κ1) is 68.1. The summed E-state index contributed by atoms with van der Waals surface area (Å²) in [7, 11) is 1.20. The third-order valence-electron chi connectivity index (χ3n) is 11.2. The molecule has 0 aliphatic carbocycles. The SMILES string of the molecule is CC/C=C\C/C=C\C/C=C\C/C=C\C/C=C\C/C=C\C/C=C\C/C=C\C/C=C\C/C=C\CCCCCCCCC(=O)NC(COP(=O)([O-])OCC[N+](C)(C)C)C(O)/C=C/CC/C=C/CC/C=C/CCCCC. The van der Waals surface area contributed by atoms with Gasteiger partial charge >= 0.3 is 0 Å². The van der Waals surface area contributed by atoms with Crippen LogP contribution in [0.5, 0.6) is 0 Å². The van der Waals surface area contributed by atoms with Crippen LogP contribution in [0.25, 0.3) is 0 Å². The van der Waals surface area contributed by atoms with Crippen LogP contribution >= 0.6 is 7.82 Å². The van der Waals surface area contributed by atoms with Gasteiger partial charge in [-0.2, -0.15) is 0 Å². The predicted octanol–water partition coefficient (Wildman–Crippen LogP) is 16.5. The van der Waals surface area contributed by atoms with Crippen LogP contribution in [0.1, 0.15) is 181 Å². The molecule has 0 rings (SSSR count). The molecule has 8 nitrogen and oxygen atoms in total. The third kappa shape index (κ3) is 53.9. The molecule has 0 aliphatic rings. The summed E-state index contributed by atoms with van der Waals surface area (Å²) in [6.45, 7) is 4.42. The average molecular weight is 1020 g/mol. The second kappa shape index (κ2) is 52.0. The van der Waals surface area contributed by atoms with Crippen LogP contribution in [0.15, 0.2) is 158 Å². The molecule has 0 aromatic carbocycles. The number of carbonyl (C=O) groups excluding carboxylic acids is 1. The molecular weight excluding hydrogens is 912 g/mol. The Bertz CT molecular complexity index is 1720. The monoisotopic (exact) mass is 1010 g/mol. The molecule has 0 heterocycles. The molecule has 3 unspecified atom stereocenters. The second-order valence-electron chi connectivity index (χ2n) is 19.2. The first-order valence-corrected chi connectivity index (χ1v) is 29.3. The molecule has 0 spiro atoms. The number of rotatable bonds is 48. The summed E-state index contributed by atoms with van der Waals surface area (Å²) < 4.78 is 23.2. The van der Waals surface area contributed by atoms with Crippen molar-refractivity contribution in [1.82, 2.24) is 5.32 Å². The van der Waals surface area contributed by atoms with Gasteiger partial charge in [-0.1, -0.05) is 210 Å². The predicted molar refractivity (Wildman–Crippen MR) is 311 cm³/mol. The number of aliphatic hydroxyl groups excluding tert-OH is 1. The summed E-state index contributed by atoms with van der Waals surface area (Å²) in [5.41, 5.74) is 0. The molecule has 0 aromatic heterocycles. The maximum atomic E-state index is 12.9. The van der Waals surface area contributed by atoms with Crippen molar-refractivity contribution in [1.29, 1.82) is 0 Å². The fraction of sp³-hybridized carbons (Fsp3) is 0.571. The molecule has 0 radical (unpaired) electrons. The van der Waals surface area contributed by atoms with Crippen LogP contribution in [0, 0.1) is 0 Å². The third-order valence-corrected chi connectivity index (χ3v) is 12.2.